The maximum atomic E-state index is 4.08. The maximum absolute atomic E-state index is 4.08. The Morgan fingerprint density at radius 3 is 2.90 bits per heavy atom. The molecular formula is C14H18N6. The van der Waals surface area contributed by atoms with E-state index in [1.165, 1.54) is 22.8 Å². The number of H-pyrrole nitrogens is 1. The van der Waals surface area contributed by atoms with Gasteiger partial charge in [-0.1, -0.05) is 12.1 Å². The third-order valence-corrected chi connectivity index (χ3v) is 3.41. The van der Waals surface area contributed by atoms with Gasteiger partial charge in [0.1, 0.15) is 0 Å². The highest BCUT2D eigenvalue weighted by molar-refractivity contribution is 5.86. The lowest BCUT2D eigenvalue weighted by molar-refractivity contribution is 0.414. The maximum Gasteiger partial charge on any atom is 0.162 e. The Labute approximate surface area is 117 Å². The molecule has 3 aromatic rings. The minimum atomic E-state index is 0.643. The second kappa shape index (κ2) is 5.42. The molecule has 0 saturated heterocycles. The van der Waals surface area contributed by atoms with E-state index in [-0.39, 0.29) is 0 Å². The van der Waals surface area contributed by atoms with Crippen molar-refractivity contribution in [2.45, 2.75) is 13.0 Å². The van der Waals surface area contributed by atoms with Crippen molar-refractivity contribution in [1.29, 1.82) is 0 Å². The number of nitrogens with one attached hydrogen (secondary N) is 1. The lowest BCUT2D eigenvalue weighted by Gasteiger charge is -2.09. The molecule has 1 aromatic carbocycles. The summed E-state index contributed by atoms with van der Waals surface area (Å²) in [5.74, 6) is 0. The summed E-state index contributed by atoms with van der Waals surface area (Å²) in [6.07, 6.45) is 4.59. The van der Waals surface area contributed by atoms with Gasteiger partial charge < -0.3 is 9.88 Å². The van der Waals surface area contributed by atoms with Gasteiger partial charge in [0, 0.05) is 23.6 Å². The molecular weight excluding hydrogens is 252 g/mol. The summed E-state index contributed by atoms with van der Waals surface area (Å²) in [5.41, 5.74) is 3.72. The SMILES string of the molecule is CN(C)CCc1c[nH]c2cccc(Cn3ncnn3)c12. The highest BCUT2D eigenvalue weighted by Gasteiger charge is 2.10. The molecule has 0 aliphatic heterocycles. The quantitative estimate of drug-likeness (QED) is 0.759. The number of benzene rings is 1. The molecule has 0 bridgehead atoms. The first kappa shape index (κ1) is 12.8. The van der Waals surface area contributed by atoms with E-state index in [9.17, 15) is 0 Å². The summed E-state index contributed by atoms with van der Waals surface area (Å²) in [4.78, 5) is 7.15. The summed E-state index contributed by atoms with van der Waals surface area (Å²) < 4.78 is 0. The number of nitrogens with zero attached hydrogens (tertiary/aromatic N) is 5. The molecule has 104 valence electrons. The first-order valence-corrected chi connectivity index (χ1v) is 6.67. The van der Waals surface area contributed by atoms with Crippen LogP contribution in [0.1, 0.15) is 11.1 Å². The molecule has 0 aliphatic rings. The molecule has 0 fully saturated rings. The number of rotatable bonds is 5. The van der Waals surface area contributed by atoms with Crippen LogP contribution in [0.15, 0.2) is 30.7 Å². The first-order valence-electron chi connectivity index (χ1n) is 6.67. The fourth-order valence-electron chi connectivity index (χ4n) is 2.42. The smallest absolute Gasteiger partial charge is 0.162 e. The van der Waals surface area contributed by atoms with Gasteiger partial charge in [0.2, 0.25) is 0 Å². The third-order valence-electron chi connectivity index (χ3n) is 3.41. The number of hydrogen-bond donors (Lipinski definition) is 1. The van der Waals surface area contributed by atoms with Crippen molar-refractivity contribution in [2.24, 2.45) is 0 Å². The highest BCUT2D eigenvalue weighted by Crippen LogP contribution is 2.23. The fraction of sp³-hybridized carbons (Fsp3) is 0.357. The summed E-state index contributed by atoms with van der Waals surface area (Å²) in [7, 11) is 4.18. The van der Waals surface area contributed by atoms with Crippen molar-refractivity contribution >= 4 is 10.9 Å². The summed E-state index contributed by atoms with van der Waals surface area (Å²) in [6.45, 7) is 1.67. The van der Waals surface area contributed by atoms with Crippen LogP contribution < -0.4 is 0 Å². The van der Waals surface area contributed by atoms with Crippen molar-refractivity contribution in [3.63, 3.8) is 0 Å². The van der Waals surface area contributed by atoms with Gasteiger partial charge in [-0.05, 0) is 42.9 Å². The van der Waals surface area contributed by atoms with Crippen LogP contribution in [0.25, 0.3) is 10.9 Å². The monoisotopic (exact) mass is 270 g/mol. The van der Waals surface area contributed by atoms with Gasteiger partial charge in [0.05, 0.1) is 6.54 Å². The Morgan fingerprint density at radius 1 is 1.25 bits per heavy atom. The highest BCUT2D eigenvalue weighted by atomic mass is 15.6. The van der Waals surface area contributed by atoms with E-state index in [0.29, 0.717) is 6.54 Å². The van der Waals surface area contributed by atoms with Crippen LogP contribution in [-0.4, -0.2) is 50.7 Å². The van der Waals surface area contributed by atoms with Crippen molar-refractivity contribution in [2.75, 3.05) is 20.6 Å². The fourth-order valence-corrected chi connectivity index (χ4v) is 2.42. The second-order valence-corrected chi connectivity index (χ2v) is 5.17. The molecule has 0 amide bonds. The van der Waals surface area contributed by atoms with Gasteiger partial charge in [0.25, 0.3) is 0 Å². The predicted octanol–water partition coefficient (Wildman–Crippen LogP) is 1.31. The zero-order valence-electron chi connectivity index (χ0n) is 11.7. The number of tetrazole rings is 1. The van der Waals surface area contributed by atoms with Crippen molar-refractivity contribution < 1.29 is 0 Å². The van der Waals surface area contributed by atoms with E-state index >= 15 is 0 Å². The molecule has 0 atom stereocenters. The molecule has 3 rings (SSSR count). The molecule has 2 aromatic heterocycles. The Balaban J connectivity index is 1.96. The number of aromatic amines is 1. The summed E-state index contributed by atoms with van der Waals surface area (Å²) >= 11 is 0. The largest absolute Gasteiger partial charge is 0.361 e. The van der Waals surface area contributed by atoms with E-state index in [4.69, 9.17) is 0 Å². The first-order chi connectivity index (χ1) is 9.74. The van der Waals surface area contributed by atoms with E-state index in [2.05, 4.69) is 63.8 Å². The molecule has 2 heterocycles. The minimum Gasteiger partial charge on any atom is -0.361 e. The molecule has 20 heavy (non-hydrogen) atoms. The molecule has 6 heteroatoms. The van der Waals surface area contributed by atoms with Crippen LogP contribution in [0.2, 0.25) is 0 Å². The van der Waals surface area contributed by atoms with Crippen LogP contribution in [0, 0.1) is 0 Å². The zero-order chi connectivity index (χ0) is 13.9. The van der Waals surface area contributed by atoms with Gasteiger partial charge in [-0.15, -0.1) is 10.2 Å². The Bertz CT molecular complexity index is 683. The van der Waals surface area contributed by atoms with Crippen LogP contribution >= 0.6 is 0 Å². The second-order valence-electron chi connectivity index (χ2n) is 5.17. The minimum absolute atomic E-state index is 0.643. The van der Waals surface area contributed by atoms with Crippen LogP contribution in [0.5, 0.6) is 0 Å². The van der Waals surface area contributed by atoms with Crippen molar-refractivity contribution in [3.05, 3.63) is 41.9 Å². The van der Waals surface area contributed by atoms with Gasteiger partial charge in [0.15, 0.2) is 6.33 Å². The predicted molar refractivity (Wildman–Crippen MR) is 77.5 cm³/mol. The van der Waals surface area contributed by atoms with Crippen molar-refractivity contribution in [3.8, 4) is 0 Å². The molecule has 1 N–H and O–H groups in total. The zero-order valence-corrected chi connectivity index (χ0v) is 11.7. The standard InChI is InChI=1S/C14H18N6/c1-19(2)7-6-11-8-15-13-5-3-4-12(14(11)13)9-20-17-10-16-18-20/h3-5,8,10,15H,6-7,9H2,1-2H3. The van der Waals surface area contributed by atoms with E-state index < -0.39 is 0 Å². The Kier molecular flexibility index (Phi) is 3.47. The topological polar surface area (TPSA) is 62.6 Å². The molecule has 6 nitrogen and oxygen atoms in total. The molecule has 0 spiro atoms. The Hall–Kier alpha value is -2.21. The number of hydrogen-bond acceptors (Lipinski definition) is 4. The van der Waals surface area contributed by atoms with Crippen LogP contribution in [-0.2, 0) is 13.0 Å². The molecule has 0 radical (unpaired) electrons. The van der Waals surface area contributed by atoms with E-state index in [0.717, 1.165) is 18.5 Å². The average Bonchev–Trinajstić information content (AvgIpc) is 3.06. The number of likely N-dealkylation sites (N-methyl/N-ethyl adjacent to an activating group) is 1. The normalized spacial score (nSPS) is 11.6. The summed E-state index contributed by atoms with van der Waals surface area (Å²) in [6, 6.07) is 6.28. The summed E-state index contributed by atoms with van der Waals surface area (Å²) in [5, 5.41) is 13.1. The average molecular weight is 270 g/mol. The van der Waals surface area contributed by atoms with Crippen LogP contribution in [0.3, 0.4) is 0 Å². The molecule has 0 aliphatic carbocycles. The molecule has 0 unspecified atom stereocenters. The van der Waals surface area contributed by atoms with Gasteiger partial charge in [-0.2, -0.15) is 4.80 Å². The Morgan fingerprint density at radius 2 is 2.15 bits per heavy atom. The molecule has 0 saturated carbocycles. The van der Waals surface area contributed by atoms with Crippen molar-refractivity contribution in [1.82, 2.24) is 30.1 Å². The van der Waals surface area contributed by atoms with E-state index in [1.807, 2.05) is 0 Å². The van der Waals surface area contributed by atoms with Gasteiger partial charge >= 0.3 is 0 Å². The van der Waals surface area contributed by atoms with Crippen LogP contribution in [0.4, 0.5) is 0 Å². The number of aromatic nitrogens is 5. The van der Waals surface area contributed by atoms with E-state index in [1.54, 1.807) is 4.80 Å². The lowest BCUT2D eigenvalue weighted by Crippen LogP contribution is -2.15. The third kappa shape index (κ3) is 2.55. The van der Waals surface area contributed by atoms with Gasteiger partial charge in [-0.3, -0.25) is 0 Å². The van der Waals surface area contributed by atoms with Gasteiger partial charge in [-0.25, -0.2) is 0 Å². The number of fused-ring (bicyclic) bond motifs is 1. The lowest BCUT2D eigenvalue weighted by atomic mass is 10.0.